The van der Waals surface area contributed by atoms with E-state index < -0.39 is 152 Å². The topological polar surface area (TPSA) is 43.4 Å². The van der Waals surface area contributed by atoms with Gasteiger partial charge in [-0.3, -0.25) is 4.79 Å². The van der Waals surface area contributed by atoms with E-state index in [0.29, 0.717) is 17.3 Å². The zero-order chi connectivity index (χ0) is 58.3. The predicted molar refractivity (Wildman–Crippen MR) is 251 cm³/mol. The smallest absolute Gasteiger partial charge is 0.338 e. The summed E-state index contributed by atoms with van der Waals surface area (Å²) >= 11 is 0. The average molecular weight is 1150 g/mol. The zero-order valence-corrected chi connectivity index (χ0v) is 40.5. The van der Waals surface area contributed by atoms with Crippen LogP contribution in [0.25, 0.3) is 0 Å². The summed E-state index contributed by atoms with van der Waals surface area (Å²) in [6.07, 6.45) is -7.05. The fourth-order valence-electron chi connectivity index (χ4n) is 9.02. The molecule has 79 heavy (non-hydrogen) atoms. The molecule has 0 unspecified atom stereocenters. The summed E-state index contributed by atoms with van der Waals surface area (Å²) in [5.74, 6) is -71.7. The maximum absolute atomic E-state index is 15.4. The molecule has 0 N–H and O–H groups in total. The Hall–Kier alpha value is -8.01. The van der Waals surface area contributed by atoms with Gasteiger partial charge in [0.1, 0.15) is 82.0 Å². The van der Waals surface area contributed by atoms with E-state index in [1.807, 2.05) is 68.4 Å². The van der Waals surface area contributed by atoms with Gasteiger partial charge in [0, 0.05) is 5.56 Å². The molecule has 0 aliphatic rings. The molecule has 0 aliphatic carbocycles. The molecule has 0 amide bonds. The minimum absolute atomic E-state index is 0.0497. The fraction of sp³-hybridized carbons (Fsp3) is 0.0741. The van der Waals surface area contributed by atoms with Gasteiger partial charge in [0.2, 0.25) is 5.78 Å². The fourth-order valence-corrected chi connectivity index (χ4v) is 13.1. The Labute approximate surface area is 433 Å². The van der Waals surface area contributed by atoms with Gasteiger partial charge in [-0.15, -0.1) is 21.9 Å². The first-order chi connectivity index (χ1) is 37.2. The highest BCUT2D eigenvalue weighted by Gasteiger charge is 2.53. The van der Waals surface area contributed by atoms with Gasteiger partial charge in [-0.2, -0.15) is 0 Å². The quantitative estimate of drug-likeness (QED) is 0.0233. The maximum Gasteiger partial charge on any atom is 0.338 e. The van der Waals surface area contributed by atoms with E-state index in [4.69, 9.17) is 4.74 Å². The number of carbonyl (C=O) groups excluding carboxylic acids is 2. The van der Waals surface area contributed by atoms with Crippen molar-refractivity contribution < 1.29 is 102 Å². The lowest BCUT2D eigenvalue weighted by atomic mass is 9.12. The van der Waals surface area contributed by atoms with Crippen LogP contribution in [0.15, 0.2) is 115 Å². The summed E-state index contributed by atoms with van der Waals surface area (Å²) in [5, 5.41) is 3.49. The molecule has 0 bridgehead atoms. The van der Waals surface area contributed by atoms with Crippen LogP contribution in [0.5, 0.6) is 0 Å². The zero-order valence-electron chi connectivity index (χ0n) is 39.6. The highest BCUT2D eigenvalue weighted by atomic mass is 31.2. The third-order valence-corrected chi connectivity index (χ3v) is 16.8. The van der Waals surface area contributed by atoms with Crippen molar-refractivity contribution in [3.8, 4) is 0 Å². The van der Waals surface area contributed by atoms with Crippen molar-refractivity contribution in [2.45, 2.75) is 20.0 Å². The van der Waals surface area contributed by atoms with Crippen LogP contribution in [0.1, 0.15) is 34.6 Å². The molecule has 3 nitrogen and oxygen atoms in total. The second kappa shape index (κ2) is 22.8. The standard InChI is InChI=1S/C30H28O3P.C24BF20/c1-23(2)33-30(32)25-20-18-24(19-21-25)29(31)22-34(26-12-6-3-7-13-26,27-14-8-4-9-15-27)28-16-10-5-11-17-28;26-5-1(6(27)14(35)21(42)13(5)34)25(2-7(28)15(36)22(43)16(37)8(2)29,3-9(30)17(38)23(44)18(39)10(3)31)4-11(32)19(40)24(45)20(41)12(4)33/h3-21,23H,22H2,1-2H3;/q+1;-1. The van der Waals surface area contributed by atoms with Crippen LogP contribution in [0.4, 0.5) is 87.8 Å². The third kappa shape index (κ3) is 9.88. The Kier molecular flexibility index (Phi) is 16.9. The molecule has 0 radical (unpaired) electrons. The van der Waals surface area contributed by atoms with E-state index in [0.717, 1.165) is 15.9 Å². The molecule has 0 aromatic heterocycles. The van der Waals surface area contributed by atoms with Crippen LogP contribution < -0.4 is 37.8 Å². The molecule has 0 spiro atoms. The van der Waals surface area contributed by atoms with Crippen LogP contribution >= 0.6 is 7.26 Å². The number of hydrogen-bond acceptors (Lipinski definition) is 3. The van der Waals surface area contributed by atoms with Gasteiger partial charge in [0.05, 0.1) is 11.7 Å². The number of esters is 1. The summed E-state index contributed by atoms with van der Waals surface area (Å²) in [7, 11) is -2.27. The van der Waals surface area contributed by atoms with E-state index in [1.54, 1.807) is 24.3 Å². The van der Waals surface area contributed by atoms with Gasteiger partial charge < -0.3 is 4.74 Å². The minimum atomic E-state index is -7.22. The molecule has 0 saturated heterocycles. The van der Waals surface area contributed by atoms with E-state index in [2.05, 4.69) is 36.4 Å². The van der Waals surface area contributed by atoms with Gasteiger partial charge in [-0.1, -0.05) is 66.7 Å². The van der Waals surface area contributed by atoms with Crippen molar-refractivity contribution >= 4 is 62.9 Å². The molecule has 410 valence electrons. The summed E-state index contributed by atoms with van der Waals surface area (Å²) in [5.41, 5.74) is -13.3. The van der Waals surface area contributed by atoms with Crippen LogP contribution in [0, 0.1) is 116 Å². The summed E-state index contributed by atoms with van der Waals surface area (Å²) < 4.78 is 299. The monoisotopic (exact) mass is 1150 g/mol. The number of Topliss-reactive ketones (excluding diaryl/α,β-unsaturated/α-hetero) is 1. The van der Waals surface area contributed by atoms with Gasteiger partial charge in [-0.05, 0) is 62.4 Å². The molecular weight excluding hydrogens is 1120 g/mol. The molecule has 0 aliphatic heterocycles. The predicted octanol–water partition coefficient (Wildman–Crippen LogP) is 11.3. The minimum Gasteiger partial charge on any atom is -0.459 e. The lowest BCUT2D eigenvalue weighted by molar-refractivity contribution is 0.0377. The van der Waals surface area contributed by atoms with Crippen LogP contribution in [-0.2, 0) is 4.74 Å². The normalized spacial score (nSPS) is 11.7. The highest BCUT2D eigenvalue weighted by Crippen LogP contribution is 2.55. The molecule has 8 aromatic carbocycles. The molecule has 0 heterocycles. The van der Waals surface area contributed by atoms with Crippen LogP contribution in [0.2, 0.25) is 0 Å². The summed E-state index contributed by atoms with van der Waals surface area (Å²) in [4.78, 5) is 26.0. The highest BCUT2D eigenvalue weighted by molar-refractivity contribution is 7.96. The molecule has 8 aromatic rings. The van der Waals surface area contributed by atoms with Crippen LogP contribution in [0.3, 0.4) is 0 Å². The lowest BCUT2D eigenvalue weighted by Crippen LogP contribution is -2.81. The van der Waals surface area contributed by atoms with E-state index in [1.165, 1.54) is 0 Å². The largest absolute Gasteiger partial charge is 0.459 e. The number of carbonyl (C=O) groups is 2. The Morgan fingerprint density at radius 1 is 0.342 bits per heavy atom. The van der Waals surface area contributed by atoms with Crippen molar-refractivity contribution in [2.75, 3.05) is 6.16 Å². The number of benzene rings is 8. The molecule has 0 atom stereocenters. The third-order valence-electron chi connectivity index (χ3n) is 12.5. The van der Waals surface area contributed by atoms with Crippen molar-refractivity contribution in [1.82, 2.24) is 0 Å². The summed E-state index contributed by atoms with van der Waals surface area (Å²) in [6, 6.07) is 37.8. The van der Waals surface area contributed by atoms with Gasteiger partial charge in [0.15, 0.2) is 69.8 Å². The number of ketones is 1. The first-order valence-corrected chi connectivity index (χ1v) is 24.3. The Morgan fingerprint density at radius 3 is 0.785 bits per heavy atom. The summed E-state index contributed by atoms with van der Waals surface area (Å²) in [6.45, 7) is 3.63. The SMILES string of the molecule is CC(C)OC(=O)c1ccc(C(=O)C[P+](c2ccccc2)(c2ccccc2)c2ccccc2)cc1.Fc1c(F)c(F)c([B-](c2c(F)c(F)c(F)c(F)c2F)(c2c(F)c(F)c(F)c(F)c2F)c2c(F)c(F)c(F)c(F)c2F)c(F)c1F. The molecular formula is C54H28BF20O3P. The first-order valence-electron chi connectivity index (χ1n) is 22.3. The first kappa shape index (κ1) is 58.7. The van der Waals surface area contributed by atoms with Crippen molar-refractivity contribution in [2.24, 2.45) is 0 Å². The molecule has 8 rings (SSSR count). The van der Waals surface area contributed by atoms with Crippen molar-refractivity contribution in [3.05, 3.63) is 243 Å². The number of rotatable bonds is 12. The van der Waals surface area contributed by atoms with Gasteiger partial charge in [-0.25, -0.2) is 92.6 Å². The van der Waals surface area contributed by atoms with Crippen LogP contribution in [-0.4, -0.2) is 30.2 Å². The number of halogens is 20. The molecule has 25 heteroatoms. The van der Waals surface area contributed by atoms with E-state index >= 15 is 35.1 Å². The van der Waals surface area contributed by atoms with E-state index in [-0.39, 0.29) is 17.9 Å². The Balaban J connectivity index is 0.000000237. The number of ether oxygens (including phenoxy) is 1. The van der Waals surface area contributed by atoms with Crippen molar-refractivity contribution in [1.29, 1.82) is 0 Å². The number of hydrogen-bond donors (Lipinski definition) is 0. The average Bonchev–Trinajstić information content (AvgIpc) is 3.32. The lowest BCUT2D eigenvalue weighted by Gasteiger charge is -2.44. The Morgan fingerprint density at radius 2 is 0.557 bits per heavy atom. The Bertz CT molecular complexity index is 3210. The van der Waals surface area contributed by atoms with Gasteiger partial charge in [0.25, 0.3) is 0 Å². The van der Waals surface area contributed by atoms with Crippen molar-refractivity contribution in [3.63, 3.8) is 0 Å². The van der Waals surface area contributed by atoms with Gasteiger partial charge >= 0.3 is 5.97 Å². The maximum atomic E-state index is 15.4. The van der Waals surface area contributed by atoms with E-state index in [9.17, 15) is 62.3 Å². The molecule has 0 fully saturated rings. The molecule has 0 saturated carbocycles. The second-order valence-corrected chi connectivity index (χ2v) is 20.7. The second-order valence-electron chi connectivity index (χ2n) is 17.2.